The van der Waals surface area contributed by atoms with E-state index in [0.717, 1.165) is 5.56 Å². The van der Waals surface area contributed by atoms with Crippen LogP contribution in [0.15, 0.2) is 59.9 Å². The van der Waals surface area contributed by atoms with Gasteiger partial charge < -0.3 is 10.1 Å². The number of halogens is 2. The Morgan fingerprint density at radius 3 is 2.50 bits per heavy atom. The maximum atomic E-state index is 13.3. The fourth-order valence-electron chi connectivity index (χ4n) is 2.67. The summed E-state index contributed by atoms with van der Waals surface area (Å²) in [6.45, 7) is 1.77. The molecule has 3 rings (SSSR count). The number of carbonyl (C=O) groups is 2. The molecule has 1 N–H and O–H groups in total. The van der Waals surface area contributed by atoms with Crippen molar-refractivity contribution in [1.82, 2.24) is 14.9 Å². The van der Waals surface area contributed by atoms with E-state index in [1.165, 1.54) is 49.1 Å². The van der Waals surface area contributed by atoms with Crippen molar-refractivity contribution in [2.45, 2.75) is 24.7 Å². The van der Waals surface area contributed by atoms with Crippen molar-refractivity contribution in [1.29, 1.82) is 0 Å². The monoisotopic (exact) mass is 447 g/mol. The van der Waals surface area contributed by atoms with Gasteiger partial charge in [0.25, 0.3) is 5.91 Å². The van der Waals surface area contributed by atoms with Gasteiger partial charge in [0.15, 0.2) is 17.0 Å². The van der Waals surface area contributed by atoms with E-state index >= 15 is 0 Å². The number of aromatic nitrogens is 2. The number of esters is 1. The summed E-state index contributed by atoms with van der Waals surface area (Å²) in [4.78, 5) is 29.2. The number of ether oxygens (including phenoxy) is 1. The summed E-state index contributed by atoms with van der Waals surface area (Å²) in [6, 6.07) is 12.7. The number of nitrogens with one attached hydrogen (secondary N) is 1. The Hall–Kier alpha value is -2.84. The van der Waals surface area contributed by atoms with E-state index < -0.39 is 18.0 Å². The molecule has 0 aliphatic carbocycles. The molecule has 2 aromatic carbocycles. The Bertz CT molecular complexity index is 1040. The molecular formula is C21H19ClFN3O3S. The molecule has 1 heterocycles. The lowest BCUT2D eigenvalue weighted by Crippen LogP contribution is -2.35. The first-order valence-corrected chi connectivity index (χ1v) is 10.6. The van der Waals surface area contributed by atoms with Crippen LogP contribution in [0.1, 0.15) is 23.0 Å². The summed E-state index contributed by atoms with van der Waals surface area (Å²) in [6.07, 6.45) is 2.17. The van der Waals surface area contributed by atoms with E-state index in [0.29, 0.717) is 15.9 Å². The molecular weight excluding hydrogens is 429 g/mol. The summed E-state index contributed by atoms with van der Waals surface area (Å²) in [7, 11) is 0. The smallest absolute Gasteiger partial charge is 0.357 e. The van der Waals surface area contributed by atoms with Gasteiger partial charge in [-0.05, 0) is 55.1 Å². The van der Waals surface area contributed by atoms with Crippen molar-refractivity contribution >= 4 is 35.2 Å². The van der Waals surface area contributed by atoms with Gasteiger partial charge in [-0.25, -0.2) is 14.2 Å². The predicted molar refractivity (Wildman–Crippen MR) is 113 cm³/mol. The summed E-state index contributed by atoms with van der Waals surface area (Å²) in [5, 5.41) is 3.86. The van der Waals surface area contributed by atoms with Crippen LogP contribution in [0.4, 0.5) is 4.39 Å². The van der Waals surface area contributed by atoms with Crippen LogP contribution in [0.5, 0.6) is 0 Å². The molecule has 30 heavy (non-hydrogen) atoms. The average molecular weight is 448 g/mol. The van der Waals surface area contributed by atoms with Gasteiger partial charge >= 0.3 is 5.97 Å². The third-order valence-corrected chi connectivity index (χ3v) is 5.14. The van der Waals surface area contributed by atoms with Crippen LogP contribution in [0.25, 0.3) is 5.69 Å². The zero-order valence-electron chi connectivity index (χ0n) is 16.3. The number of hydrogen-bond donors (Lipinski definition) is 1. The minimum Gasteiger partial charge on any atom is -0.448 e. The van der Waals surface area contributed by atoms with Crippen LogP contribution in [0.2, 0.25) is 5.02 Å². The third kappa shape index (κ3) is 5.20. The minimum atomic E-state index is -1.01. The fraction of sp³-hybridized carbons (Fsp3) is 0.190. The van der Waals surface area contributed by atoms with Gasteiger partial charge in [-0.15, -0.1) is 0 Å². The molecule has 0 aliphatic heterocycles. The molecule has 0 radical (unpaired) electrons. The molecule has 1 amide bonds. The second kappa shape index (κ2) is 9.77. The Morgan fingerprint density at radius 2 is 1.87 bits per heavy atom. The highest BCUT2D eigenvalue weighted by atomic mass is 35.5. The number of imidazole rings is 1. The number of hydrogen-bond acceptors (Lipinski definition) is 5. The fourth-order valence-corrected chi connectivity index (χ4v) is 3.34. The lowest BCUT2D eigenvalue weighted by molar-refractivity contribution is -0.129. The van der Waals surface area contributed by atoms with Gasteiger partial charge in [0.05, 0.1) is 6.20 Å². The van der Waals surface area contributed by atoms with E-state index in [4.69, 9.17) is 16.3 Å². The lowest BCUT2D eigenvalue weighted by atomic mass is 10.2. The molecule has 9 heteroatoms. The first kappa shape index (κ1) is 21.9. The molecule has 0 saturated carbocycles. The molecule has 0 spiro atoms. The van der Waals surface area contributed by atoms with Crippen LogP contribution in [0, 0.1) is 5.82 Å². The van der Waals surface area contributed by atoms with E-state index in [2.05, 4.69) is 10.3 Å². The standard InChI is InChI=1S/C21H19ClFN3O3S/c1-13(19(27)24-11-14-3-5-15(22)6-4-14)29-20(28)18-12-25-21(30-2)26(18)17-9-7-16(23)8-10-17/h3-10,12-13H,11H2,1-2H3,(H,24,27). The maximum Gasteiger partial charge on any atom is 0.357 e. The van der Waals surface area contributed by atoms with Crippen molar-refractivity contribution in [2.75, 3.05) is 6.26 Å². The van der Waals surface area contributed by atoms with E-state index in [1.807, 2.05) is 6.26 Å². The molecule has 1 atom stereocenters. The van der Waals surface area contributed by atoms with E-state index in [-0.39, 0.29) is 18.1 Å². The molecule has 6 nitrogen and oxygen atoms in total. The van der Waals surface area contributed by atoms with Gasteiger partial charge in [-0.2, -0.15) is 0 Å². The quantitative estimate of drug-likeness (QED) is 0.433. The average Bonchev–Trinajstić information content (AvgIpc) is 3.18. The summed E-state index contributed by atoms with van der Waals surface area (Å²) >= 11 is 7.17. The predicted octanol–water partition coefficient (Wildman–Crippen LogP) is 4.25. The Labute approximate surface area is 182 Å². The number of nitrogens with zero attached hydrogens (tertiary/aromatic N) is 2. The van der Waals surface area contributed by atoms with Gasteiger partial charge in [0, 0.05) is 17.3 Å². The van der Waals surface area contributed by atoms with Crippen molar-refractivity contribution < 1.29 is 18.7 Å². The summed E-state index contributed by atoms with van der Waals surface area (Å²) in [5.41, 5.74) is 1.57. The SMILES string of the molecule is CSc1ncc(C(=O)OC(C)C(=O)NCc2ccc(Cl)cc2)n1-c1ccc(F)cc1. The van der Waals surface area contributed by atoms with Crippen LogP contribution in [-0.2, 0) is 16.1 Å². The normalized spacial score (nSPS) is 11.7. The summed E-state index contributed by atoms with van der Waals surface area (Å²) in [5.74, 6) is -1.53. The zero-order valence-corrected chi connectivity index (χ0v) is 17.8. The van der Waals surface area contributed by atoms with Crippen LogP contribution in [0.3, 0.4) is 0 Å². The topological polar surface area (TPSA) is 73.2 Å². The molecule has 156 valence electrons. The highest BCUT2D eigenvalue weighted by Crippen LogP contribution is 2.23. The number of carbonyl (C=O) groups excluding carboxylic acids is 2. The minimum absolute atomic E-state index is 0.142. The number of amides is 1. The van der Waals surface area contributed by atoms with Gasteiger partial charge in [-0.3, -0.25) is 9.36 Å². The number of benzene rings is 2. The second-order valence-corrected chi connectivity index (χ2v) is 7.54. The highest BCUT2D eigenvalue weighted by Gasteiger charge is 2.23. The Balaban J connectivity index is 1.69. The Morgan fingerprint density at radius 1 is 1.20 bits per heavy atom. The van der Waals surface area contributed by atoms with Gasteiger partial charge in [0.2, 0.25) is 0 Å². The van der Waals surface area contributed by atoms with Gasteiger partial charge in [-0.1, -0.05) is 35.5 Å². The molecule has 3 aromatic rings. The molecule has 0 aliphatic rings. The second-order valence-electron chi connectivity index (χ2n) is 6.33. The molecule has 0 bridgehead atoms. The number of rotatable bonds is 7. The van der Waals surface area contributed by atoms with Crippen molar-refractivity contribution in [3.8, 4) is 5.69 Å². The lowest BCUT2D eigenvalue weighted by Gasteiger charge is -2.15. The highest BCUT2D eigenvalue weighted by molar-refractivity contribution is 7.98. The largest absolute Gasteiger partial charge is 0.448 e. The van der Waals surface area contributed by atoms with E-state index in [1.54, 1.807) is 28.8 Å². The molecule has 1 aromatic heterocycles. The molecule has 0 saturated heterocycles. The van der Waals surface area contributed by atoms with Gasteiger partial charge in [0.1, 0.15) is 5.82 Å². The van der Waals surface area contributed by atoms with Crippen molar-refractivity contribution in [3.05, 3.63) is 76.8 Å². The van der Waals surface area contributed by atoms with E-state index in [9.17, 15) is 14.0 Å². The summed E-state index contributed by atoms with van der Waals surface area (Å²) < 4.78 is 20.2. The maximum absolute atomic E-state index is 13.3. The first-order chi connectivity index (χ1) is 14.4. The van der Waals surface area contributed by atoms with Crippen molar-refractivity contribution in [2.24, 2.45) is 0 Å². The third-order valence-electron chi connectivity index (χ3n) is 4.24. The van der Waals surface area contributed by atoms with Crippen LogP contribution < -0.4 is 5.32 Å². The van der Waals surface area contributed by atoms with Crippen molar-refractivity contribution in [3.63, 3.8) is 0 Å². The molecule has 1 unspecified atom stereocenters. The number of thioether (sulfide) groups is 1. The van der Waals surface area contributed by atoms with Crippen LogP contribution >= 0.6 is 23.4 Å². The first-order valence-electron chi connectivity index (χ1n) is 9.00. The van der Waals surface area contributed by atoms with Crippen LogP contribution in [-0.4, -0.2) is 33.8 Å². The zero-order chi connectivity index (χ0) is 21.7. The Kier molecular flexibility index (Phi) is 7.12. The molecule has 0 fully saturated rings.